The SMILES string of the molecule is CC(NC1CCCC(C)(C)C1)c1nc2ccccc2n1C. The van der Waals surface area contributed by atoms with Gasteiger partial charge in [0.2, 0.25) is 0 Å². The van der Waals surface area contributed by atoms with Crippen LogP contribution in [0.2, 0.25) is 0 Å². The molecular weight excluding hydrogens is 258 g/mol. The average molecular weight is 285 g/mol. The summed E-state index contributed by atoms with van der Waals surface area (Å²) in [7, 11) is 2.12. The number of nitrogens with one attached hydrogen (secondary N) is 1. The molecule has 0 saturated heterocycles. The number of hydrogen-bond acceptors (Lipinski definition) is 2. The molecule has 1 fully saturated rings. The summed E-state index contributed by atoms with van der Waals surface area (Å²) in [5.74, 6) is 1.14. The highest BCUT2D eigenvalue weighted by Gasteiger charge is 2.29. The van der Waals surface area contributed by atoms with Gasteiger partial charge < -0.3 is 9.88 Å². The summed E-state index contributed by atoms with van der Waals surface area (Å²) in [6, 6.07) is 9.28. The largest absolute Gasteiger partial charge is 0.330 e. The third-order valence-corrected chi connectivity index (χ3v) is 4.90. The van der Waals surface area contributed by atoms with E-state index in [1.165, 1.54) is 31.2 Å². The molecule has 0 spiro atoms. The van der Waals surface area contributed by atoms with Crippen molar-refractivity contribution in [2.75, 3.05) is 0 Å². The van der Waals surface area contributed by atoms with Gasteiger partial charge in [0.05, 0.1) is 17.1 Å². The quantitative estimate of drug-likeness (QED) is 0.916. The highest BCUT2D eigenvalue weighted by atomic mass is 15.1. The van der Waals surface area contributed by atoms with Gasteiger partial charge in [-0.3, -0.25) is 0 Å². The number of nitrogens with zero attached hydrogens (tertiary/aromatic N) is 2. The summed E-state index contributed by atoms with van der Waals surface area (Å²) in [5.41, 5.74) is 2.78. The maximum atomic E-state index is 4.81. The van der Waals surface area contributed by atoms with E-state index in [4.69, 9.17) is 4.98 Å². The average Bonchev–Trinajstić information content (AvgIpc) is 2.76. The van der Waals surface area contributed by atoms with Crippen molar-refractivity contribution in [1.82, 2.24) is 14.9 Å². The van der Waals surface area contributed by atoms with Gasteiger partial charge in [0.15, 0.2) is 0 Å². The number of fused-ring (bicyclic) bond motifs is 1. The van der Waals surface area contributed by atoms with Crippen LogP contribution in [0.3, 0.4) is 0 Å². The standard InChI is InChI=1S/C18H27N3/c1-13(19-14-8-7-11-18(2,3)12-14)17-20-15-9-5-6-10-16(15)21(17)4/h5-6,9-10,13-14,19H,7-8,11-12H2,1-4H3. The molecule has 2 unspecified atom stereocenters. The zero-order valence-corrected chi connectivity index (χ0v) is 13.7. The highest BCUT2D eigenvalue weighted by molar-refractivity contribution is 5.75. The van der Waals surface area contributed by atoms with Gasteiger partial charge in [0.1, 0.15) is 5.82 Å². The normalized spacial score (nSPS) is 23.3. The van der Waals surface area contributed by atoms with Gasteiger partial charge in [-0.05, 0) is 43.7 Å². The van der Waals surface area contributed by atoms with Crippen LogP contribution in [0, 0.1) is 5.41 Å². The Hall–Kier alpha value is -1.35. The Bertz CT molecular complexity index is 626. The van der Waals surface area contributed by atoms with E-state index in [1.54, 1.807) is 0 Å². The minimum Gasteiger partial charge on any atom is -0.330 e. The molecule has 1 heterocycles. The van der Waals surface area contributed by atoms with E-state index >= 15 is 0 Å². The Kier molecular flexibility index (Phi) is 3.78. The minimum absolute atomic E-state index is 0.293. The molecule has 1 aliphatic carbocycles. The van der Waals surface area contributed by atoms with E-state index in [9.17, 15) is 0 Å². The highest BCUT2D eigenvalue weighted by Crippen LogP contribution is 2.36. The number of aromatic nitrogens is 2. The summed E-state index contributed by atoms with van der Waals surface area (Å²) < 4.78 is 2.22. The zero-order chi connectivity index (χ0) is 15.0. The molecule has 21 heavy (non-hydrogen) atoms. The molecule has 0 amide bonds. The molecule has 2 aromatic rings. The molecule has 1 N–H and O–H groups in total. The second kappa shape index (κ2) is 5.45. The van der Waals surface area contributed by atoms with Crippen LogP contribution in [0.15, 0.2) is 24.3 Å². The predicted octanol–water partition coefficient (Wildman–Crippen LogP) is 4.19. The first-order valence-electron chi connectivity index (χ1n) is 8.14. The van der Waals surface area contributed by atoms with Crippen molar-refractivity contribution in [1.29, 1.82) is 0 Å². The summed E-state index contributed by atoms with van der Waals surface area (Å²) in [5, 5.41) is 3.81. The van der Waals surface area contributed by atoms with Crippen molar-refractivity contribution in [2.45, 2.75) is 58.5 Å². The Balaban J connectivity index is 1.78. The van der Waals surface area contributed by atoms with Crippen LogP contribution in [0.4, 0.5) is 0 Å². The lowest BCUT2D eigenvalue weighted by Crippen LogP contribution is -2.39. The van der Waals surface area contributed by atoms with E-state index in [0.29, 0.717) is 17.5 Å². The maximum Gasteiger partial charge on any atom is 0.126 e. The lowest BCUT2D eigenvalue weighted by Gasteiger charge is -2.36. The first-order valence-corrected chi connectivity index (χ1v) is 8.14. The van der Waals surface area contributed by atoms with E-state index in [0.717, 1.165) is 11.3 Å². The van der Waals surface area contributed by atoms with Gasteiger partial charge >= 0.3 is 0 Å². The molecule has 3 nitrogen and oxygen atoms in total. The Morgan fingerprint density at radius 2 is 2.10 bits per heavy atom. The number of aryl methyl sites for hydroxylation is 1. The van der Waals surface area contributed by atoms with Crippen molar-refractivity contribution in [2.24, 2.45) is 12.5 Å². The van der Waals surface area contributed by atoms with Crippen LogP contribution in [-0.2, 0) is 7.05 Å². The zero-order valence-electron chi connectivity index (χ0n) is 13.7. The fraction of sp³-hybridized carbons (Fsp3) is 0.611. The van der Waals surface area contributed by atoms with Crippen molar-refractivity contribution < 1.29 is 0 Å². The molecule has 114 valence electrons. The summed E-state index contributed by atoms with van der Waals surface area (Å²) >= 11 is 0. The van der Waals surface area contributed by atoms with Crippen molar-refractivity contribution in [3.63, 3.8) is 0 Å². The lowest BCUT2D eigenvalue weighted by molar-refractivity contribution is 0.189. The fourth-order valence-electron chi connectivity index (χ4n) is 3.82. The van der Waals surface area contributed by atoms with Crippen molar-refractivity contribution >= 4 is 11.0 Å². The van der Waals surface area contributed by atoms with Gasteiger partial charge in [0, 0.05) is 13.1 Å². The molecule has 1 aliphatic rings. The second-order valence-corrected chi connectivity index (χ2v) is 7.36. The number of imidazole rings is 1. The number of hydrogen-bond donors (Lipinski definition) is 1. The van der Waals surface area contributed by atoms with Crippen LogP contribution >= 0.6 is 0 Å². The van der Waals surface area contributed by atoms with E-state index in [1.807, 2.05) is 0 Å². The molecule has 1 aromatic carbocycles. The first kappa shape index (κ1) is 14.6. The monoisotopic (exact) mass is 285 g/mol. The summed E-state index contributed by atoms with van der Waals surface area (Å²) in [4.78, 5) is 4.81. The van der Waals surface area contributed by atoms with E-state index < -0.39 is 0 Å². The van der Waals surface area contributed by atoms with Crippen LogP contribution < -0.4 is 5.32 Å². The van der Waals surface area contributed by atoms with E-state index in [2.05, 4.69) is 62.0 Å². The molecule has 0 radical (unpaired) electrons. The molecule has 3 rings (SSSR count). The molecule has 1 saturated carbocycles. The minimum atomic E-state index is 0.293. The smallest absolute Gasteiger partial charge is 0.126 e. The second-order valence-electron chi connectivity index (χ2n) is 7.36. The van der Waals surface area contributed by atoms with Gasteiger partial charge in [-0.15, -0.1) is 0 Å². The lowest BCUT2D eigenvalue weighted by atomic mass is 9.75. The fourth-order valence-corrected chi connectivity index (χ4v) is 3.82. The number of para-hydroxylation sites is 2. The van der Waals surface area contributed by atoms with Crippen molar-refractivity contribution in [3.05, 3.63) is 30.1 Å². The van der Waals surface area contributed by atoms with Gasteiger partial charge in [0.25, 0.3) is 0 Å². The third-order valence-electron chi connectivity index (χ3n) is 4.90. The molecule has 3 heteroatoms. The van der Waals surface area contributed by atoms with Gasteiger partial charge in [-0.1, -0.05) is 32.4 Å². The Morgan fingerprint density at radius 3 is 2.81 bits per heavy atom. The van der Waals surface area contributed by atoms with E-state index in [-0.39, 0.29) is 0 Å². The van der Waals surface area contributed by atoms with Crippen LogP contribution in [0.1, 0.15) is 58.3 Å². The van der Waals surface area contributed by atoms with Crippen molar-refractivity contribution in [3.8, 4) is 0 Å². The molecule has 0 bridgehead atoms. The summed E-state index contributed by atoms with van der Waals surface area (Å²) in [6.07, 6.45) is 5.24. The molecular formula is C18H27N3. The predicted molar refractivity (Wildman–Crippen MR) is 88.3 cm³/mol. The summed E-state index contributed by atoms with van der Waals surface area (Å²) in [6.45, 7) is 7.02. The van der Waals surface area contributed by atoms with Gasteiger partial charge in [-0.2, -0.15) is 0 Å². The van der Waals surface area contributed by atoms with Crippen LogP contribution in [0.5, 0.6) is 0 Å². The Labute approximate surface area is 127 Å². The molecule has 2 atom stereocenters. The Morgan fingerprint density at radius 1 is 1.33 bits per heavy atom. The number of benzene rings is 1. The topological polar surface area (TPSA) is 29.9 Å². The van der Waals surface area contributed by atoms with Crippen LogP contribution in [0.25, 0.3) is 11.0 Å². The van der Waals surface area contributed by atoms with Crippen LogP contribution in [-0.4, -0.2) is 15.6 Å². The first-order chi connectivity index (χ1) is 9.96. The number of rotatable bonds is 3. The molecule has 0 aliphatic heterocycles. The maximum absolute atomic E-state index is 4.81. The third kappa shape index (κ3) is 2.98. The van der Waals surface area contributed by atoms with Gasteiger partial charge in [-0.25, -0.2) is 4.98 Å². The molecule has 1 aromatic heterocycles.